The van der Waals surface area contributed by atoms with E-state index in [0.717, 1.165) is 28.3 Å². The Labute approximate surface area is 157 Å². The van der Waals surface area contributed by atoms with Gasteiger partial charge in [0.1, 0.15) is 0 Å². The lowest BCUT2D eigenvalue weighted by Crippen LogP contribution is -2.28. The summed E-state index contributed by atoms with van der Waals surface area (Å²) in [5, 5.41) is 6.74. The highest BCUT2D eigenvalue weighted by Gasteiger charge is 2.14. The zero-order valence-electron chi connectivity index (χ0n) is 14.6. The van der Waals surface area contributed by atoms with E-state index >= 15 is 0 Å². The van der Waals surface area contributed by atoms with Crippen LogP contribution in [-0.4, -0.2) is 24.5 Å². The molecule has 1 aliphatic heterocycles. The van der Waals surface area contributed by atoms with Gasteiger partial charge in [-0.1, -0.05) is 12.1 Å². The van der Waals surface area contributed by atoms with Crippen molar-refractivity contribution in [3.63, 3.8) is 0 Å². The van der Waals surface area contributed by atoms with E-state index in [2.05, 4.69) is 10.6 Å². The molecule has 0 unspecified atom stereocenters. The number of carbonyl (C=O) groups is 1. The Morgan fingerprint density at radius 2 is 2.04 bits per heavy atom. The zero-order valence-corrected chi connectivity index (χ0v) is 15.4. The zero-order chi connectivity index (χ0) is 18.5. The minimum Gasteiger partial charge on any atom is -0.462 e. The van der Waals surface area contributed by atoms with Crippen LogP contribution in [0.1, 0.15) is 28.4 Å². The number of fused-ring (bicyclic) bond motifs is 1. The maximum Gasteiger partial charge on any atom is 0.338 e. The number of hydrogen-bond donors (Lipinski definition) is 2. The number of hydrogen-bond acceptors (Lipinski definition) is 5. The van der Waals surface area contributed by atoms with E-state index in [9.17, 15) is 4.79 Å². The number of esters is 1. The topological polar surface area (TPSA) is 68.8 Å². The first kappa shape index (κ1) is 18.0. The highest BCUT2D eigenvalue weighted by atomic mass is 32.1. The molecule has 3 rings (SSSR count). The van der Waals surface area contributed by atoms with Gasteiger partial charge in [-0.3, -0.25) is 0 Å². The molecule has 1 aliphatic rings. The molecule has 7 heteroatoms. The van der Waals surface area contributed by atoms with E-state index in [-0.39, 0.29) is 12.8 Å². The van der Waals surface area contributed by atoms with Crippen molar-refractivity contribution >= 4 is 29.0 Å². The second-order valence-electron chi connectivity index (χ2n) is 5.69. The molecule has 0 aromatic heterocycles. The Hall–Kier alpha value is -2.80. The third-order valence-corrected chi connectivity index (χ3v) is 4.21. The maximum absolute atomic E-state index is 12.0. The molecule has 6 nitrogen and oxygen atoms in total. The summed E-state index contributed by atoms with van der Waals surface area (Å²) in [5.41, 5.74) is 3.10. The van der Waals surface area contributed by atoms with Crippen molar-refractivity contribution < 1.29 is 19.0 Å². The number of benzene rings is 2. The van der Waals surface area contributed by atoms with Crippen LogP contribution in [0.15, 0.2) is 36.4 Å². The molecular weight excluding hydrogens is 352 g/mol. The number of thiocarbonyl (C=S) groups is 1. The Kier molecular flexibility index (Phi) is 5.58. The van der Waals surface area contributed by atoms with Gasteiger partial charge in [0.2, 0.25) is 6.79 Å². The van der Waals surface area contributed by atoms with Crippen molar-refractivity contribution in [1.82, 2.24) is 5.32 Å². The minimum absolute atomic E-state index is 0.252. The second kappa shape index (κ2) is 8.05. The summed E-state index contributed by atoms with van der Waals surface area (Å²) in [5.74, 6) is 1.15. The fourth-order valence-corrected chi connectivity index (χ4v) is 2.78. The summed E-state index contributed by atoms with van der Waals surface area (Å²) >= 11 is 5.36. The third-order valence-electron chi connectivity index (χ3n) is 3.97. The summed E-state index contributed by atoms with van der Waals surface area (Å²) in [6.07, 6.45) is 0. The van der Waals surface area contributed by atoms with Gasteiger partial charge in [0, 0.05) is 12.2 Å². The Morgan fingerprint density at radius 3 is 2.85 bits per heavy atom. The molecule has 0 aliphatic carbocycles. The number of carbonyl (C=O) groups excluding carboxylic acids is 1. The van der Waals surface area contributed by atoms with Crippen molar-refractivity contribution in [2.75, 3.05) is 18.7 Å². The molecule has 0 radical (unpaired) electrons. The molecule has 1 heterocycles. The van der Waals surface area contributed by atoms with Gasteiger partial charge < -0.3 is 24.8 Å². The molecule has 136 valence electrons. The molecule has 0 bridgehead atoms. The molecule has 0 spiro atoms. The van der Waals surface area contributed by atoms with Gasteiger partial charge in [-0.05, 0) is 61.5 Å². The van der Waals surface area contributed by atoms with Crippen molar-refractivity contribution in [1.29, 1.82) is 0 Å². The maximum atomic E-state index is 12.0. The smallest absolute Gasteiger partial charge is 0.338 e. The molecule has 0 atom stereocenters. The van der Waals surface area contributed by atoms with Crippen molar-refractivity contribution in [2.45, 2.75) is 20.4 Å². The van der Waals surface area contributed by atoms with Gasteiger partial charge in [0.05, 0.1) is 12.2 Å². The SMILES string of the molecule is CCOC(=O)c1cccc(NC(=S)NCc2ccc3c(c2)OCO3)c1C. The quantitative estimate of drug-likeness (QED) is 0.616. The van der Waals surface area contributed by atoms with Crippen LogP contribution in [0.25, 0.3) is 0 Å². The highest BCUT2D eigenvalue weighted by Crippen LogP contribution is 2.32. The average Bonchev–Trinajstić information content (AvgIpc) is 3.09. The first-order valence-corrected chi connectivity index (χ1v) is 8.69. The molecule has 0 saturated heterocycles. The molecule has 0 saturated carbocycles. The molecule has 0 amide bonds. The lowest BCUT2D eigenvalue weighted by atomic mass is 10.1. The lowest BCUT2D eigenvalue weighted by molar-refractivity contribution is 0.0525. The molecule has 2 aromatic carbocycles. The first-order chi connectivity index (χ1) is 12.6. The highest BCUT2D eigenvalue weighted by molar-refractivity contribution is 7.80. The fraction of sp³-hybridized carbons (Fsp3) is 0.263. The number of anilines is 1. The monoisotopic (exact) mass is 372 g/mol. The van der Waals surface area contributed by atoms with E-state index in [0.29, 0.717) is 23.8 Å². The van der Waals surface area contributed by atoms with Crippen LogP contribution in [0.2, 0.25) is 0 Å². The van der Waals surface area contributed by atoms with Crippen LogP contribution in [0, 0.1) is 6.92 Å². The van der Waals surface area contributed by atoms with E-state index in [1.54, 1.807) is 19.1 Å². The van der Waals surface area contributed by atoms with Crippen molar-refractivity contribution in [2.24, 2.45) is 0 Å². The normalized spacial score (nSPS) is 11.8. The Morgan fingerprint density at radius 1 is 1.23 bits per heavy atom. The van der Waals surface area contributed by atoms with Gasteiger partial charge in [-0.15, -0.1) is 0 Å². The molecule has 26 heavy (non-hydrogen) atoms. The molecule has 2 N–H and O–H groups in total. The van der Waals surface area contributed by atoms with E-state index in [1.807, 2.05) is 31.2 Å². The van der Waals surface area contributed by atoms with Crippen molar-refractivity contribution in [3.05, 3.63) is 53.1 Å². The van der Waals surface area contributed by atoms with Crippen LogP contribution in [0.3, 0.4) is 0 Å². The van der Waals surface area contributed by atoms with Gasteiger partial charge in [-0.2, -0.15) is 0 Å². The predicted molar refractivity (Wildman–Crippen MR) is 103 cm³/mol. The standard InChI is InChI=1S/C19H20N2O4S/c1-3-23-18(22)14-5-4-6-15(12(14)2)21-19(26)20-10-13-7-8-16-17(9-13)25-11-24-16/h4-9H,3,10-11H2,1-2H3,(H2,20,21,26). The van der Waals surface area contributed by atoms with Gasteiger partial charge in [-0.25, -0.2) is 4.79 Å². The van der Waals surface area contributed by atoms with Crippen LogP contribution < -0.4 is 20.1 Å². The fourth-order valence-electron chi connectivity index (χ4n) is 2.60. The predicted octanol–water partition coefficient (Wildman–Crippen LogP) is 3.39. The number of rotatable bonds is 5. The van der Waals surface area contributed by atoms with Crippen LogP contribution >= 0.6 is 12.2 Å². The first-order valence-electron chi connectivity index (χ1n) is 8.28. The summed E-state index contributed by atoms with van der Waals surface area (Å²) in [6, 6.07) is 11.2. The van der Waals surface area contributed by atoms with Gasteiger partial charge >= 0.3 is 5.97 Å². The number of nitrogens with one attached hydrogen (secondary N) is 2. The van der Waals surface area contributed by atoms with E-state index < -0.39 is 0 Å². The molecular formula is C19H20N2O4S. The summed E-state index contributed by atoms with van der Waals surface area (Å²) in [7, 11) is 0. The number of ether oxygens (including phenoxy) is 3. The van der Waals surface area contributed by atoms with E-state index in [4.69, 9.17) is 26.4 Å². The van der Waals surface area contributed by atoms with E-state index in [1.165, 1.54) is 0 Å². The summed E-state index contributed by atoms with van der Waals surface area (Å²) < 4.78 is 15.7. The van der Waals surface area contributed by atoms with Gasteiger partial charge in [0.15, 0.2) is 16.6 Å². The van der Waals surface area contributed by atoms with Crippen LogP contribution in [-0.2, 0) is 11.3 Å². The summed E-state index contributed by atoms with van der Waals surface area (Å²) in [6.45, 7) is 4.77. The van der Waals surface area contributed by atoms with Crippen LogP contribution in [0.5, 0.6) is 11.5 Å². The average molecular weight is 372 g/mol. The minimum atomic E-state index is -0.340. The molecule has 0 fully saturated rings. The summed E-state index contributed by atoms with van der Waals surface area (Å²) in [4.78, 5) is 12.0. The van der Waals surface area contributed by atoms with Crippen molar-refractivity contribution in [3.8, 4) is 11.5 Å². The second-order valence-corrected chi connectivity index (χ2v) is 6.10. The Balaban J connectivity index is 1.61. The largest absolute Gasteiger partial charge is 0.462 e. The Bertz CT molecular complexity index is 838. The molecule has 2 aromatic rings. The third kappa shape index (κ3) is 4.05. The van der Waals surface area contributed by atoms with Gasteiger partial charge in [0.25, 0.3) is 0 Å². The lowest BCUT2D eigenvalue weighted by Gasteiger charge is -2.14. The van der Waals surface area contributed by atoms with Crippen LogP contribution in [0.4, 0.5) is 5.69 Å².